The highest BCUT2D eigenvalue weighted by atomic mass is 32.1. The molecule has 1 N–H and O–H groups in total. The van der Waals surface area contributed by atoms with E-state index in [9.17, 15) is 14.4 Å². The summed E-state index contributed by atoms with van der Waals surface area (Å²) in [5.41, 5.74) is 0.0871. The first-order valence-corrected chi connectivity index (χ1v) is 9.97. The van der Waals surface area contributed by atoms with Crippen LogP contribution in [-0.2, 0) is 18.3 Å². The van der Waals surface area contributed by atoms with E-state index >= 15 is 0 Å². The number of fused-ring (bicyclic) bond motifs is 1. The minimum atomic E-state index is -0.396. The molecule has 28 heavy (non-hydrogen) atoms. The zero-order chi connectivity index (χ0) is 20.1. The zero-order valence-corrected chi connectivity index (χ0v) is 16.8. The monoisotopic (exact) mass is 401 g/mol. The molecule has 3 rings (SSSR count). The fraction of sp³-hybridized carbons (Fsp3) is 0.350. The second-order valence-electron chi connectivity index (χ2n) is 6.35. The van der Waals surface area contributed by atoms with E-state index in [1.807, 2.05) is 37.3 Å². The molecule has 2 aromatic heterocycles. The van der Waals surface area contributed by atoms with Gasteiger partial charge in [0, 0.05) is 26.8 Å². The molecular formula is C20H23N3O4S. The van der Waals surface area contributed by atoms with E-state index in [2.05, 4.69) is 5.32 Å². The summed E-state index contributed by atoms with van der Waals surface area (Å²) in [4.78, 5) is 38.9. The van der Waals surface area contributed by atoms with Crippen molar-refractivity contribution >= 4 is 27.5 Å². The Kier molecular flexibility index (Phi) is 6.43. The van der Waals surface area contributed by atoms with Crippen LogP contribution in [0.1, 0.15) is 28.6 Å². The average molecular weight is 401 g/mol. The van der Waals surface area contributed by atoms with Crippen molar-refractivity contribution < 1.29 is 9.53 Å². The van der Waals surface area contributed by atoms with Crippen molar-refractivity contribution in [3.05, 3.63) is 67.7 Å². The number of aryl methyl sites for hydroxylation is 1. The number of carbonyl (C=O) groups is 1. The number of rotatable bonds is 8. The molecule has 0 spiro atoms. The van der Waals surface area contributed by atoms with Crippen LogP contribution >= 0.6 is 11.3 Å². The second kappa shape index (κ2) is 8.99. The maximum Gasteiger partial charge on any atom is 0.332 e. The minimum Gasteiger partial charge on any atom is -0.382 e. The van der Waals surface area contributed by atoms with Gasteiger partial charge in [-0.1, -0.05) is 30.3 Å². The van der Waals surface area contributed by atoms with E-state index in [1.54, 1.807) is 13.1 Å². The molecule has 7 nitrogen and oxygen atoms in total. The lowest BCUT2D eigenvalue weighted by Gasteiger charge is -2.08. The van der Waals surface area contributed by atoms with Crippen molar-refractivity contribution in [3.8, 4) is 0 Å². The quantitative estimate of drug-likeness (QED) is 0.585. The third-order valence-electron chi connectivity index (χ3n) is 4.37. The lowest BCUT2D eigenvalue weighted by molar-refractivity contribution is 0.0948. The van der Waals surface area contributed by atoms with Crippen LogP contribution in [0.25, 0.3) is 10.2 Å². The van der Waals surface area contributed by atoms with Gasteiger partial charge in [0.2, 0.25) is 0 Å². The third kappa shape index (κ3) is 4.23. The maximum atomic E-state index is 12.9. The standard InChI is InChI=1S/C20H23N3O4S/c1-3-27-11-7-10-21-17(24)16-12-15-18(25)23(13-14-8-5-4-6-9-14)20(26)22(2)19(15)28-16/h4-6,8-9,12H,3,7,10-11,13H2,1-2H3,(H,21,24). The third-order valence-corrected chi connectivity index (χ3v) is 5.58. The smallest absolute Gasteiger partial charge is 0.332 e. The normalized spacial score (nSPS) is 11.1. The second-order valence-corrected chi connectivity index (χ2v) is 7.38. The lowest BCUT2D eigenvalue weighted by Crippen LogP contribution is -2.38. The lowest BCUT2D eigenvalue weighted by atomic mass is 10.2. The summed E-state index contributed by atoms with van der Waals surface area (Å²) in [6, 6.07) is 10.9. The Bertz CT molecular complexity index is 1080. The van der Waals surface area contributed by atoms with Crippen LogP contribution < -0.4 is 16.6 Å². The maximum absolute atomic E-state index is 12.9. The van der Waals surface area contributed by atoms with Gasteiger partial charge in [0.25, 0.3) is 11.5 Å². The van der Waals surface area contributed by atoms with Gasteiger partial charge in [-0.3, -0.25) is 18.7 Å². The molecule has 0 saturated carbocycles. The van der Waals surface area contributed by atoms with Gasteiger partial charge in [0.1, 0.15) is 4.83 Å². The van der Waals surface area contributed by atoms with Crippen molar-refractivity contribution in [1.82, 2.24) is 14.5 Å². The first kappa shape index (κ1) is 20.0. The van der Waals surface area contributed by atoms with E-state index < -0.39 is 5.69 Å². The SMILES string of the molecule is CCOCCCNC(=O)c1cc2c(=O)n(Cc3ccccc3)c(=O)n(C)c2s1. The number of benzene rings is 1. The van der Waals surface area contributed by atoms with Crippen LogP contribution in [0.2, 0.25) is 0 Å². The molecule has 0 unspecified atom stereocenters. The topological polar surface area (TPSA) is 82.3 Å². The van der Waals surface area contributed by atoms with Crippen LogP contribution in [0.3, 0.4) is 0 Å². The highest BCUT2D eigenvalue weighted by Crippen LogP contribution is 2.21. The van der Waals surface area contributed by atoms with Crippen LogP contribution in [0.5, 0.6) is 0 Å². The van der Waals surface area contributed by atoms with Crippen molar-refractivity contribution in [2.75, 3.05) is 19.8 Å². The molecule has 2 heterocycles. The van der Waals surface area contributed by atoms with Crippen LogP contribution in [0.15, 0.2) is 46.0 Å². The average Bonchev–Trinajstić information content (AvgIpc) is 3.16. The van der Waals surface area contributed by atoms with E-state index in [0.29, 0.717) is 41.3 Å². The fourth-order valence-electron chi connectivity index (χ4n) is 2.91. The van der Waals surface area contributed by atoms with E-state index in [-0.39, 0.29) is 18.0 Å². The number of amides is 1. The van der Waals surface area contributed by atoms with Gasteiger partial charge in [0.15, 0.2) is 0 Å². The van der Waals surface area contributed by atoms with Gasteiger partial charge in [-0.05, 0) is 25.0 Å². The molecular weight excluding hydrogens is 378 g/mol. The Morgan fingerprint density at radius 1 is 1.21 bits per heavy atom. The number of hydrogen-bond donors (Lipinski definition) is 1. The molecule has 0 atom stereocenters. The first-order valence-electron chi connectivity index (χ1n) is 9.16. The number of aromatic nitrogens is 2. The number of nitrogens with one attached hydrogen (secondary N) is 1. The summed E-state index contributed by atoms with van der Waals surface area (Å²) >= 11 is 1.15. The van der Waals surface area contributed by atoms with Crippen molar-refractivity contribution in [3.63, 3.8) is 0 Å². The minimum absolute atomic E-state index is 0.192. The summed E-state index contributed by atoms with van der Waals surface area (Å²) in [6.07, 6.45) is 0.715. The molecule has 8 heteroatoms. The fourth-order valence-corrected chi connectivity index (χ4v) is 3.93. The summed E-state index contributed by atoms with van der Waals surface area (Å²) in [5.74, 6) is -0.251. The van der Waals surface area contributed by atoms with E-state index in [0.717, 1.165) is 16.9 Å². The van der Waals surface area contributed by atoms with Crippen molar-refractivity contribution in [2.45, 2.75) is 19.9 Å². The molecule has 0 saturated heterocycles. The van der Waals surface area contributed by atoms with Crippen molar-refractivity contribution in [2.24, 2.45) is 7.05 Å². The molecule has 1 amide bonds. The Morgan fingerprint density at radius 2 is 1.96 bits per heavy atom. The number of hydrogen-bond acceptors (Lipinski definition) is 5. The highest BCUT2D eigenvalue weighted by molar-refractivity contribution is 7.20. The van der Waals surface area contributed by atoms with Crippen molar-refractivity contribution in [1.29, 1.82) is 0 Å². The Hall–Kier alpha value is -2.71. The Balaban J connectivity index is 1.88. The Labute approximate surface area is 166 Å². The van der Waals surface area contributed by atoms with Gasteiger partial charge in [-0.2, -0.15) is 0 Å². The largest absolute Gasteiger partial charge is 0.382 e. The van der Waals surface area contributed by atoms with Gasteiger partial charge in [-0.15, -0.1) is 11.3 Å². The Morgan fingerprint density at radius 3 is 2.68 bits per heavy atom. The molecule has 148 valence electrons. The summed E-state index contributed by atoms with van der Waals surface area (Å²) in [5, 5.41) is 3.20. The predicted octanol–water partition coefficient (Wildman–Crippen LogP) is 1.97. The highest BCUT2D eigenvalue weighted by Gasteiger charge is 2.17. The van der Waals surface area contributed by atoms with Crippen LogP contribution in [-0.4, -0.2) is 34.8 Å². The first-order chi connectivity index (χ1) is 13.5. The molecule has 1 aromatic carbocycles. The van der Waals surface area contributed by atoms with E-state index in [1.165, 1.54) is 9.13 Å². The van der Waals surface area contributed by atoms with Gasteiger partial charge in [0.05, 0.1) is 16.8 Å². The summed E-state index contributed by atoms with van der Waals surface area (Å²) in [7, 11) is 1.62. The van der Waals surface area contributed by atoms with Gasteiger partial charge in [-0.25, -0.2) is 4.79 Å². The van der Waals surface area contributed by atoms with Gasteiger partial charge >= 0.3 is 5.69 Å². The predicted molar refractivity (Wildman–Crippen MR) is 110 cm³/mol. The molecule has 0 bridgehead atoms. The summed E-state index contributed by atoms with van der Waals surface area (Å²) in [6.45, 7) is 3.83. The number of nitrogens with zero attached hydrogens (tertiary/aromatic N) is 2. The molecule has 0 aliphatic carbocycles. The molecule has 0 aliphatic rings. The molecule has 0 radical (unpaired) electrons. The van der Waals surface area contributed by atoms with Gasteiger partial charge < -0.3 is 10.1 Å². The number of carbonyl (C=O) groups excluding carboxylic acids is 1. The summed E-state index contributed by atoms with van der Waals surface area (Å²) < 4.78 is 7.87. The zero-order valence-electron chi connectivity index (χ0n) is 15.9. The molecule has 0 fully saturated rings. The van der Waals surface area contributed by atoms with Crippen LogP contribution in [0, 0.1) is 0 Å². The van der Waals surface area contributed by atoms with Crippen LogP contribution in [0.4, 0.5) is 0 Å². The van der Waals surface area contributed by atoms with E-state index in [4.69, 9.17) is 4.74 Å². The molecule has 3 aromatic rings. The number of ether oxygens (including phenoxy) is 1. The number of thiophene rings is 1. The molecule has 0 aliphatic heterocycles.